The molecule has 10 heavy (non-hydrogen) atoms. The molecule has 0 unspecified atom stereocenters. The van der Waals surface area contributed by atoms with E-state index >= 15 is 0 Å². The Bertz CT molecular complexity index is 124. The minimum absolute atomic E-state index is 0.744. The Morgan fingerprint density at radius 1 is 1.30 bits per heavy atom. The van der Waals surface area contributed by atoms with Gasteiger partial charge in [-0.2, -0.15) is 0 Å². The van der Waals surface area contributed by atoms with Crippen LogP contribution in [0.5, 0.6) is 0 Å². The van der Waals surface area contributed by atoms with Crippen LogP contribution >= 0.6 is 0 Å². The molecule has 0 N–H and O–H groups in total. The quantitative estimate of drug-likeness (QED) is 0.520. The van der Waals surface area contributed by atoms with Gasteiger partial charge >= 0.3 is 0 Å². The molecule has 0 aliphatic carbocycles. The van der Waals surface area contributed by atoms with Crippen molar-refractivity contribution in [3.63, 3.8) is 0 Å². The van der Waals surface area contributed by atoms with Gasteiger partial charge in [-0.25, -0.2) is 0 Å². The third-order valence-electron chi connectivity index (χ3n) is 1.93. The highest BCUT2D eigenvalue weighted by molar-refractivity contribution is 6.69. The van der Waals surface area contributed by atoms with Gasteiger partial charge in [0.25, 0.3) is 0 Å². The summed E-state index contributed by atoms with van der Waals surface area (Å²) in [5, 5.41) is 0. The largest absolute Gasteiger partial charge is 0.191 e. The summed E-state index contributed by atoms with van der Waals surface area (Å²) in [6.45, 7) is 2.99. The number of rotatable bonds is 3. The van der Waals surface area contributed by atoms with Crippen LogP contribution in [0.2, 0.25) is 6.32 Å². The van der Waals surface area contributed by atoms with Crippen LogP contribution in [-0.4, -0.2) is 6.71 Å². The van der Waals surface area contributed by atoms with E-state index in [1.54, 1.807) is 0 Å². The van der Waals surface area contributed by atoms with Crippen LogP contribution in [0.4, 0.5) is 0 Å². The SMILES string of the molecule is CCCCB1C=CCC=C1. The molecule has 0 amide bonds. The van der Waals surface area contributed by atoms with E-state index in [1.165, 1.54) is 19.2 Å². The lowest BCUT2D eigenvalue weighted by atomic mass is 9.45. The van der Waals surface area contributed by atoms with Gasteiger partial charge in [-0.1, -0.05) is 38.2 Å². The van der Waals surface area contributed by atoms with Crippen molar-refractivity contribution >= 4 is 6.71 Å². The predicted molar refractivity (Wildman–Crippen MR) is 48.4 cm³/mol. The normalized spacial score (nSPS) is 16.3. The maximum atomic E-state index is 2.33. The van der Waals surface area contributed by atoms with Gasteiger partial charge in [-0.05, 0) is 6.42 Å². The summed E-state index contributed by atoms with van der Waals surface area (Å²) in [6, 6.07) is 0. The van der Waals surface area contributed by atoms with E-state index in [9.17, 15) is 0 Å². The van der Waals surface area contributed by atoms with Crippen molar-refractivity contribution in [3.8, 4) is 0 Å². The second-order valence-corrected chi connectivity index (χ2v) is 2.90. The highest BCUT2D eigenvalue weighted by atomic mass is 13.8. The van der Waals surface area contributed by atoms with Crippen molar-refractivity contribution in [1.29, 1.82) is 0 Å². The predicted octanol–water partition coefficient (Wildman–Crippen LogP) is 2.88. The van der Waals surface area contributed by atoms with Gasteiger partial charge < -0.3 is 0 Å². The molecule has 0 saturated carbocycles. The fraction of sp³-hybridized carbons (Fsp3) is 0.556. The van der Waals surface area contributed by atoms with E-state index in [0.29, 0.717) is 0 Å². The molecule has 0 nitrogen and oxygen atoms in total. The average Bonchev–Trinajstić information content (AvgIpc) is 2.03. The third kappa shape index (κ3) is 2.42. The summed E-state index contributed by atoms with van der Waals surface area (Å²) in [5.74, 6) is 4.66. The highest BCUT2D eigenvalue weighted by Gasteiger charge is 2.05. The molecule has 0 atom stereocenters. The fourth-order valence-corrected chi connectivity index (χ4v) is 1.28. The zero-order valence-corrected chi connectivity index (χ0v) is 6.72. The number of hydrogen-bond donors (Lipinski definition) is 0. The van der Waals surface area contributed by atoms with E-state index < -0.39 is 0 Å². The van der Waals surface area contributed by atoms with Crippen LogP contribution in [0.1, 0.15) is 26.2 Å². The molecular weight excluding hydrogens is 119 g/mol. The molecule has 1 aliphatic rings. The first kappa shape index (κ1) is 7.65. The lowest BCUT2D eigenvalue weighted by Crippen LogP contribution is -2.06. The number of allylic oxidation sites excluding steroid dienone is 2. The van der Waals surface area contributed by atoms with E-state index in [1.807, 2.05) is 0 Å². The number of unbranched alkanes of at least 4 members (excludes halogenated alkanes) is 1. The lowest BCUT2D eigenvalue weighted by molar-refractivity contribution is 0.877. The van der Waals surface area contributed by atoms with Crippen molar-refractivity contribution in [3.05, 3.63) is 24.1 Å². The monoisotopic (exact) mass is 134 g/mol. The maximum absolute atomic E-state index is 2.33. The van der Waals surface area contributed by atoms with Gasteiger partial charge in [0.2, 0.25) is 0 Å². The molecule has 0 radical (unpaired) electrons. The van der Waals surface area contributed by atoms with Crippen molar-refractivity contribution in [2.75, 3.05) is 0 Å². The molecule has 0 bridgehead atoms. The highest BCUT2D eigenvalue weighted by Crippen LogP contribution is 2.08. The van der Waals surface area contributed by atoms with Gasteiger partial charge in [0, 0.05) is 0 Å². The molecular formula is C9H15B. The Hall–Kier alpha value is -0.455. The summed E-state index contributed by atoms with van der Waals surface area (Å²) in [6.07, 6.45) is 9.68. The molecule has 0 aromatic rings. The van der Waals surface area contributed by atoms with Crippen molar-refractivity contribution in [1.82, 2.24) is 0 Å². The van der Waals surface area contributed by atoms with Gasteiger partial charge in [-0.15, -0.1) is 12.0 Å². The molecule has 1 heteroatoms. The summed E-state index contributed by atoms with van der Waals surface area (Å²) >= 11 is 0. The van der Waals surface area contributed by atoms with Crippen LogP contribution in [0.15, 0.2) is 24.1 Å². The van der Waals surface area contributed by atoms with Crippen LogP contribution in [0, 0.1) is 0 Å². The van der Waals surface area contributed by atoms with Gasteiger partial charge in [0.05, 0.1) is 0 Å². The van der Waals surface area contributed by atoms with E-state index in [-0.39, 0.29) is 0 Å². The van der Waals surface area contributed by atoms with Gasteiger partial charge in [0.15, 0.2) is 6.71 Å². The standard InChI is InChI=1S/C9H15B/c1-2-3-7-10-8-5-4-6-9-10/h5-6,8-9H,2-4,7H2,1H3. The maximum Gasteiger partial charge on any atom is 0.191 e. The Labute approximate surface area is 64.1 Å². The second kappa shape index (κ2) is 4.37. The molecule has 1 heterocycles. The molecule has 1 rings (SSSR count). The Morgan fingerprint density at radius 3 is 2.60 bits per heavy atom. The molecule has 1 aliphatic heterocycles. The summed E-state index contributed by atoms with van der Waals surface area (Å²) in [5.41, 5.74) is 0. The summed E-state index contributed by atoms with van der Waals surface area (Å²) < 4.78 is 0. The zero-order chi connectivity index (χ0) is 7.23. The molecule has 0 saturated heterocycles. The fourth-order valence-electron chi connectivity index (χ4n) is 1.28. The minimum atomic E-state index is 0.744. The van der Waals surface area contributed by atoms with Crippen LogP contribution in [-0.2, 0) is 0 Å². The first-order valence-electron chi connectivity index (χ1n) is 4.27. The van der Waals surface area contributed by atoms with E-state index in [2.05, 4.69) is 31.0 Å². The molecule has 0 spiro atoms. The Morgan fingerprint density at radius 2 is 2.00 bits per heavy atom. The lowest BCUT2D eigenvalue weighted by Gasteiger charge is -2.04. The number of hydrogen-bond acceptors (Lipinski definition) is 0. The van der Waals surface area contributed by atoms with Crippen molar-refractivity contribution in [2.45, 2.75) is 32.5 Å². The summed E-state index contributed by atoms with van der Waals surface area (Å²) in [4.78, 5) is 0. The summed E-state index contributed by atoms with van der Waals surface area (Å²) in [7, 11) is 0. The van der Waals surface area contributed by atoms with Crippen LogP contribution in [0.25, 0.3) is 0 Å². The first-order valence-corrected chi connectivity index (χ1v) is 4.27. The third-order valence-corrected chi connectivity index (χ3v) is 1.93. The van der Waals surface area contributed by atoms with E-state index in [0.717, 1.165) is 13.1 Å². The second-order valence-electron chi connectivity index (χ2n) is 2.90. The average molecular weight is 134 g/mol. The Balaban J connectivity index is 2.20. The van der Waals surface area contributed by atoms with Crippen molar-refractivity contribution in [2.24, 2.45) is 0 Å². The molecule has 0 aromatic carbocycles. The van der Waals surface area contributed by atoms with Gasteiger partial charge in [0.1, 0.15) is 0 Å². The van der Waals surface area contributed by atoms with E-state index in [4.69, 9.17) is 0 Å². The van der Waals surface area contributed by atoms with Crippen LogP contribution in [0.3, 0.4) is 0 Å². The van der Waals surface area contributed by atoms with Gasteiger partial charge in [-0.3, -0.25) is 0 Å². The van der Waals surface area contributed by atoms with Crippen molar-refractivity contribution < 1.29 is 0 Å². The Kier molecular flexibility index (Phi) is 3.35. The first-order chi connectivity index (χ1) is 4.93. The topological polar surface area (TPSA) is 0 Å². The molecule has 0 aromatic heterocycles. The molecule has 0 fully saturated rings. The smallest absolute Gasteiger partial charge is 0.114 e. The molecule has 54 valence electrons. The zero-order valence-electron chi connectivity index (χ0n) is 6.72. The minimum Gasteiger partial charge on any atom is -0.114 e. The van der Waals surface area contributed by atoms with Crippen LogP contribution < -0.4 is 0 Å².